The molecule has 1 aromatic carbocycles. The third kappa shape index (κ3) is 2.29. The summed E-state index contributed by atoms with van der Waals surface area (Å²) >= 11 is 6.55. The van der Waals surface area contributed by atoms with Crippen molar-refractivity contribution in [2.75, 3.05) is 20.0 Å². The highest BCUT2D eigenvalue weighted by atomic mass is 35.5. The minimum absolute atomic E-state index is 0.245. The molecule has 1 aromatic heterocycles. The van der Waals surface area contributed by atoms with Crippen LogP contribution in [-0.4, -0.2) is 24.4 Å². The van der Waals surface area contributed by atoms with Gasteiger partial charge in [-0.1, -0.05) is 25.4 Å². The van der Waals surface area contributed by atoms with Crippen LogP contribution < -0.4 is 15.2 Å². The summed E-state index contributed by atoms with van der Waals surface area (Å²) in [4.78, 5) is 0. The Morgan fingerprint density at radius 1 is 1.30 bits per heavy atom. The smallest absolute Gasteiger partial charge is 0.170 e. The molecular formula is C14H18ClN3O2. The molecule has 0 radical (unpaired) electrons. The van der Waals surface area contributed by atoms with Crippen molar-refractivity contribution in [1.82, 2.24) is 10.2 Å². The maximum absolute atomic E-state index is 6.55. The van der Waals surface area contributed by atoms with Crippen LogP contribution in [-0.2, 0) is 0 Å². The quantitative estimate of drug-likeness (QED) is 0.906. The number of nitrogens with one attached hydrogen (secondary N) is 1. The van der Waals surface area contributed by atoms with Gasteiger partial charge in [-0.25, -0.2) is 0 Å². The standard InChI is InChI=1S/C14H18ClN3O2/c1-7(2)8-5-10(19-3)13(20-4)11(12(8)15)9-6-17-18-14(9)16/h5-7H,1-4H3,(H3,16,17,18). The van der Waals surface area contributed by atoms with Gasteiger partial charge in [0.2, 0.25) is 0 Å². The van der Waals surface area contributed by atoms with E-state index in [-0.39, 0.29) is 5.92 Å². The average Bonchev–Trinajstić information content (AvgIpc) is 2.83. The van der Waals surface area contributed by atoms with E-state index in [1.54, 1.807) is 20.4 Å². The predicted octanol–water partition coefficient (Wildman–Crippen LogP) is 3.45. The van der Waals surface area contributed by atoms with E-state index in [2.05, 4.69) is 24.0 Å². The van der Waals surface area contributed by atoms with E-state index in [1.807, 2.05) is 6.07 Å². The number of halogens is 1. The maximum atomic E-state index is 6.55. The molecule has 5 nitrogen and oxygen atoms in total. The number of nitrogen functional groups attached to an aromatic ring is 1. The van der Waals surface area contributed by atoms with Crippen molar-refractivity contribution < 1.29 is 9.47 Å². The average molecular weight is 296 g/mol. The minimum Gasteiger partial charge on any atom is -0.493 e. The van der Waals surface area contributed by atoms with Crippen LogP contribution in [0.15, 0.2) is 12.3 Å². The first-order valence-electron chi connectivity index (χ1n) is 6.24. The molecule has 20 heavy (non-hydrogen) atoms. The second kappa shape index (κ2) is 5.63. The van der Waals surface area contributed by atoms with Crippen molar-refractivity contribution in [3.8, 4) is 22.6 Å². The molecule has 2 aromatic rings. The summed E-state index contributed by atoms with van der Waals surface area (Å²) in [6.07, 6.45) is 1.63. The van der Waals surface area contributed by atoms with E-state index in [4.69, 9.17) is 26.8 Å². The van der Waals surface area contributed by atoms with Gasteiger partial charge in [0.15, 0.2) is 11.5 Å². The van der Waals surface area contributed by atoms with Crippen LogP contribution in [0.5, 0.6) is 11.5 Å². The van der Waals surface area contributed by atoms with Crippen molar-refractivity contribution in [3.63, 3.8) is 0 Å². The number of aromatic nitrogens is 2. The molecule has 6 heteroatoms. The van der Waals surface area contributed by atoms with Crippen LogP contribution in [0.3, 0.4) is 0 Å². The molecule has 2 rings (SSSR count). The van der Waals surface area contributed by atoms with Crippen LogP contribution in [0.1, 0.15) is 25.3 Å². The van der Waals surface area contributed by atoms with Crippen molar-refractivity contribution in [1.29, 1.82) is 0 Å². The number of rotatable bonds is 4. The van der Waals surface area contributed by atoms with Crippen LogP contribution in [0.25, 0.3) is 11.1 Å². The molecule has 0 aliphatic carbocycles. The molecule has 0 saturated carbocycles. The fourth-order valence-corrected chi connectivity index (χ4v) is 2.61. The number of nitrogens with two attached hydrogens (primary N) is 1. The Bertz CT molecular complexity index is 623. The number of benzene rings is 1. The Balaban J connectivity index is 2.82. The molecule has 0 saturated heterocycles. The van der Waals surface area contributed by atoms with Gasteiger partial charge < -0.3 is 15.2 Å². The number of aromatic amines is 1. The van der Waals surface area contributed by atoms with Crippen LogP contribution in [0.2, 0.25) is 5.02 Å². The second-order valence-corrected chi connectivity index (χ2v) is 5.12. The molecule has 0 atom stereocenters. The molecule has 3 N–H and O–H groups in total. The summed E-state index contributed by atoms with van der Waals surface area (Å²) in [6, 6.07) is 1.89. The van der Waals surface area contributed by atoms with Gasteiger partial charge >= 0.3 is 0 Å². The van der Waals surface area contributed by atoms with Crippen LogP contribution in [0.4, 0.5) is 5.82 Å². The molecule has 0 aliphatic rings. The number of anilines is 1. The first-order valence-corrected chi connectivity index (χ1v) is 6.62. The van der Waals surface area contributed by atoms with Gasteiger partial charge in [-0.3, -0.25) is 5.10 Å². The summed E-state index contributed by atoms with van der Waals surface area (Å²) in [5, 5.41) is 7.25. The van der Waals surface area contributed by atoms with Crippen molar-refractivity contribution in [2.24, 2.45) is 0 Å². The first kappa shape index (κ1) is 14.5. The van der Waals surface area contributed by atoms with Crippen LogP contribution >= 0.6 is 11.6 Å². The Kier molecular flexibility index (Phi) is 4.09. The molecule has 0 bridgehead atoms. The second-order valence-electron chi connectivity index (χ2n) is 4.74. The third-order valence-electron chi connectivity index (χ3n) is 3.19. The number of ether oxygens (including phenoxy) is 2. The zero-order valence-electron chi connectivity index (χ0n) is 12.0. The number of nitrogens with zero attached hydrogens (tertiary/aromatic N) is 1. The molecular weight excluding hydrogens is 278 g/mol. The molecule has 108 valence electrons. The molecule has 0 unspecified atom stereocenters. The predicted molar refractivity (Wildman–Crippen MR) is 80.6 cm³/mol. The van der Waals surface area contributed by atoms with Crippen molar-refractivity contribution in [3.05, 3.63) is 22.8 Å². The van der Waals surface area contributed by atoms with E-state index < -0.39 is 0 Å². The maximum Gasteiger partial charge on any atom is 0.170 e. The van der Waals surface area contributed by atoms with Gasteiger partial charge in [-0.2, -0.15) is 5.10 Å². The van der Waals surface area contributed by atoms with Gasteiger partial charge in [-0.05, 0) is 17.5 Å². The van der Waals surface area contributed by atoms with E-state index in [9.17, 15) is 0 Å². The normalized spacial score (nSPS) is 10.9. The topological polar surface area (TPSA) is 73.2 Å². The highest BCUT2D eigenvalue weighted by Gasteiger charge is 2.23. The van der Waals surface area contributed by atoms with Gasteiger partial charge in [0.05, 0.1) is 31.0 Å². The van der Waals surface area contributed by atoms with E-state index in [0.29, 0.717) is 33.5 Å². The lowest BCUT2D eigenvalue weighted by atomic mass is 9.96. The number of methoxy groups -OCH3 is 2. The van der Waals surface area contributed by atoms with Crippen LogP contribution in [0, 0.1) is 0 Å². The summed E-state index contributed by atoms with van der Waals surface area (Å²) in [5.41, 5.74) is 8.28. The third-order valence-corrected chi connectivity index (χ3v) is 3.60. The molecule has 0 amide bonds. The molecule has 0 aliphatic heterocycles. The number of hydrogen-bond donors (Lipinski definition) is 2. The SMILES string of the molecule is COc1cc(C(C)C)c(Cl)c(-c2cn[nH]c2N)c1OC. The fraction of sp³-hybridized carbons (Fsp3) is 0.357. The minimum atomic E-state index is 0.245. The Hall–Kier alpha value is -1.88. The number of H-pyrrole nitrogens is 1. The Morgan fingerprint density at radius 2 is 2.00 bits per heavy atom. The van der Waals surface area contributed by atoms with E-state index in [1.165, 1.54) is 0 Å². The van der Waals surface area contributed by atoms with Gasteiger partial charge in [-0.15, -0.1) is 0 Å². The number of hydrogen-bond acceptors (Lipinski definition) is 4. The Labute approximate surface area is 123 Å². The lowest BCUT2D eigenvalue weighted by Gasteiger charge is -2.19. The molecule has 0 fully saturated rings. The van der Waals surface area contributed by atoms with E-state index >= 15 is 0 Å². The van der Waals surface area contributed by atoms with Gasteiger partial charge in [0.1, 0.15) is 5.82 Å². The van der Waals surface area contributed by atoms with Crippen molar-refractivity contribution >= 4 is 17.4 Å². The molecule has 0 spiro atoms. The molecule has 1 heterocycles. The van der Waals surface area contributed by atoms with Crippen molar-refractivity contribution in [2.45, 2.75) is 19.8 Å². The summed E-state index contributed by atoms with van der Waals surface area (Å²) < 4.78 is 10.9. The monoisotopic (exact) mass is 295 g/mol. The lowest BCUT2D eigenvalue weighted by molar-refractivity contribution is 0.355. The summed E-state index contributed by atoms with van der Waals surface area (Å²) in [5.74, 6) is 1.86. The van der Waals surface area contributed by atoms with Gasteiger partial charge in [0, 0.05) is 5.56 Å². The summed E-state index contributed by atoms with van der Waals surface area (Å²) in [6.45, 7) is 4.13. The fourth-order valence-electron chi connectivity index (χ4n) is 2.15. The zero-order valence-corrected chi connectivity index (χ0v) is 12.7. The highest BCUT2D eigenvalue weighted by Crippen LogP contribution is 2.47. The Morgan fingerprint density at radius 3 is 2.45 bits per heavy atom. The van der Waals surface area contributed by atoms with Gasteiger partial charge in [0.25, 0.3) is 0 Å². The lowest BCUT2D eigenvalue weighted by Crippen LogP contribution is -2.00. The largest absolute Gasteiger partial charge is 0.493 e. The highest BCUT2D eigenvalue weighted by molar-refractivity contribution is 6.35. The first-order chi connectivity index (χ1) is 9.51. The summed E-state index contributed by atoms with van der Waals surface area (Å²) in [7, 11) is 3.17. The zero-order chi connectivity index (χ0) is 14.9. The van der Waals surface area contributed by atoms with E-state index in [0.717, 1.165) is 5.56 Å².